The molecule has 190 valence electrons. The van der Waals surface area contributed by atoms with Crippen LogP contribution in [0, 0.1) is 5.41 Å². The normalized spacial score (nSPS) is 17.8. The number of nitrogens with zero attached hydrogens (tertiary/aromatic N) is 6. The van der Waals surface area contributed by atoms with Gasteiger partial charge in [-0.25, -0.2) is 14.8 Å². The Morgan fingerprint density at radius 2 is 1.69 bits per heavy atom. The smallest absolute Gasteiger partial charge is 0.410 e. The lowest BCUT2D eigenvalue weighted by atomic mass is 9.77. The Bertz CT molecular complexity index is 1250. The third kappa shape index (κ3) is 4.86. The van der Waals surface area contributed by atoms with Gasteiger partial charge in [0.2, 0.25) is 0 Å². The molecule has 36 heavy (non-hydrogen) atoms. The Kier molecular flexibility index (Phi) is 6.30. The van der Waals surface area contributed by atoms with Crippen molar-refractivity contribution < 1.29 is 9.53 Å². The van der Waals surface area contributed by atoms with Crippen molar-refractivity contribution in [3.63, 3.8) is 0 Å². The summed E-state index contributed by atoms with van der Waals surface area (Å²) in [6, 6.07) is 3.89. The van der Waals surface area contributed by atoms with Crippen LogP contribution >= 0.6 is 0 Å². The highest BCUT2D eigenvalue weighted by Crippen LogP contribution is 2.43. The van der Waals surface area contributed by atoms with Crippen LogP contribution in [0.5, 0.6) is 0 Å². The van der Waals surface area contributed by atoms with Gasteiger partial charge in [-0.3, -0.25) is 9.97 Å². The maximum atomic E-state index is 12.7. The van der Waals surface area contributed by atoms with E-state index in [0.29, 0.717) is 11.7 Å². The molecule has 2 aliphatic heterocycles. The van der Waals surface area contributed by atoms with Gasteiger partial charge >= 0.3 is 6.09 Å². The lowest BCUT2D eigenvalue weighted by molar-refractivity contribution is 0.0266. The summed E-state index contributed by atoms with van der Waals surface area (Å²) in [5, 5.41) is 1.09. The van der Waals surface area contributed by atoms with E-state index in [0.717, 1.165) is 67.7 Å². The van der Waals surface area contributed by atoms with E-state index in [1.165, 1.54) is 5.56 Å². The second-order valence-electron chi connectivity index (χ2n) is 11.5. The second kappa shape index (κ2) is 9.30. The summed E-state index contributed by atoms with van der Waals surface area (Å²) in [5.41, 5.74) is 2.66. The predicted octanol–water partition coefficient (Wildman–Crippen LogP) is 5.44. The number of aromatic nitrogens is 4. The minimum absolute atomic E-state index is 0.145. The van der Waals surface area contributed by atoms with Crippen LogP contribution in [0.15, 0.2) is 36.9 Å². The fourth-order valence-electron chi connectivity index (χ4n) is 5.40. The third-order valence-electron chi connectivity index (χ3n) is 7.39. The Morgan fingerprint density at radius 1 is 1.00 bits per heavy atom. The highest BCUT2D eigenvalue weighted by Gasteiger charge is 2.43. The topological polar surface area (TPSA) is 84.3 Å². The summed E-state index contributed by atoms with van der Waals surface area (Å²) in [5.74, 6) is 1.98. The molecule has 2 saturated heterocycles. The summed E-state index contributed by atoms with van der Waals surface area (Å²) >= 11 is 0. The lowest BCUT2D eigenvalue weighted by Crippen LogP contribution is -2.43. The van der Waals surface area contributed by atoms with Crippen molar-refractivity contribution in [3.05, 3.63) is 42.5 Å². The van der Waals surface area contributed by atoms with Crippen LogP contribution in [-0.2, 0) is 4.74 Å². The zero-order chi connectivity index (χ0) is 25.5. The molecule has 0 N–H and O–H groups in total. The number of amides is 1. The quantitative estimate of drug-likeness (QED) is 0.485. The fourth-order valence-corrected chi connectivity index (χ4v) is 5.40. The first-order valence-electron chi connectivity index (χ1n) is 12.9. The molecule has 0 radical (unpaired) electrons. The van der Waals surface area contributed by atoms with Gasteiger partial charge in [0.05, 0.1) is 11.7 Å². The number of ether oxygens (including phenoxy) is 1. The van der Waals surface area contributed by atoms with Crippen LogP contribution < -0.4 is 4.90 Å². The van der Waals surface area contributed by atoms with Crippen LogP contribution in [0.3, 0.4) is 0 Å². The van der Waals surface area contributed by atoms with E-state index >= 15 is 0 Å². The Balaban J connectivity index is 1.43. The predicted molar refractivity (Wildman–Crippen MR) is 141 cm³/mol. The van der Waals surface area contributed by atoms with Crippen molar-refractivity contribution in [2.75, 3.05) is 31.1 Å². The molecule has 5 heterocycles. The van der Waals surface area contributed by atoms with Crippen LogP contribution in [0.25, 0.3) is 22.3 Å². The fraction of sp³-hybridized carbons (Fsp3) is 0.536. The molecule has 5 rings (SSSR count). The molecule has 0 saturated carbocycles. The molecule has 8 nitrogen and oxygen atoms in total. The number of pyridine rings is 2. The number of fused-ring (bicyclic) bond motifs is 1. The van der Waals surface area contributed by atoms with E-state index in [1.54, 1.807) is 12.4 Å². The Morgan fingerprint density at radius 3 is 2.36 bits per heavy atom. The summed E-state index contributed by atoms with van der Waals surface area (Å²) in [6.07, 6.45) is 10.2. The summed E-state index contributed by atoms with van der Waals surface area (Å²) < 4.78 is 5.63. The van der Waals surface area contributed by atoms with Gasteiger partial charge in [-0.05, 0) is 69.1 Å². The number of anilines is 1. The van der Waals surface area contributed by atoms with Crippen LogP contribution in [-0.4, -0.2) is 62.7 Å². The van der Waals surface area contributed by atoms with Gasteiger partial charge in [0.25, 0.3) is 0 Å². The second-order valence-corrected chi connectivity index (χ2v) is 11.5. The van der Waals surface area contributed by atoms with E-state index in [1.807, 2.05) is 50.2 Å². The molecule has 2 aliphatic rings. The molecule has 3 aromatic rings. The number of rotatable bonds is 3. The van der Waals surface area contributed by atoms with Gasteiger partial charge in [-0.2, -0.15) is 0 Å². The number of hydrogen-bond donors (Lipinski definition) is 0. The number of hydrogen-bond acceptors (Lipinski definition) is 7. The number of likely N-dealkylation sites (tertiary alicyclic amines) is 1. The maximum Gasteiger partial charge on any atom is 0.410 e. The number of carbonyl (C=O) groups excluding carboxylic acids is 1. The molecule has 1 spiro atoms. The first kappa shape index (κ1) is 24.4. The van der Waals surface area contributed by atoms with Crippen LogP contribution in [0.4, 0.5) is 10.6 Å². The van der Waals surface area contributed by atoms with E-state index < -0.39 is 5.60 Å². The van der Waals surface area contributed by atoms with E-state index in [9.17, 15) is 4.79 Å². The Labute approximate surface area is 213 Å². The van der Waals surface area contributed by atoms with E-state index in [2.05, 4.69) is 28.7 Å². The van der Waals surface area contributed by atoms with Crippen molar-refractivity contribution in [2.45, 2.75) is 65.4 Å². The average Bonchev–Trinajstić information content (AvgIpc) is 3.26. The van der Waals surface area contributed by atoms with Gasteiger partial charge in [0.15, 0.2) is 5.82 Å². The minimum Gasteiger partial charge on any atom is -0.444 e. The standard InChI is InChI=1S/C28H36N6O2/c1-19(2)21-16-30-17-22-23(21)25(32-24(31-22)20-6-11-29-12-7-20)33-13-8-28(9-14-33)10-15-34(18-28)26(35)36-27(3,4)5/h6-7,11-12,16-17,19H,8-10,13-15,18H2,1-5H3. The largest absolute Gasteiger partial charge is 0.444 e. The SMILES string of the molecule is CC(C)c1cncc2nc(-c3ccncc3)nc(N3CCC4(CCN(C(=O)OC(C)(C)C)C4)CC3)c12. The molecule has 3 aromatic heterocycles. The highest BCUT2D eigenvalue weighted by atomic mass is 16.6. The average molecular weight is 489 g/mol. The molecule has 0 atom stereocenters. The van der Waals surface area contributed by atoms with Crippen LogP contribution in [0.2, 0.25) is 0 Å². The molecule has 0 aromatic carbocycles. The van der Waals surface area contributed by atoms with Gasteiger partial charge in [-0.15, -0.1) is 0 Å². The van der Waals surface area contributed by atoms with Crippen molar-refractivity contribution in [1.29, 1.82) is 0 Å². The van der Waals surface area contributed by atoms with Gasteiger partial charge in [0, 0.05) is 55.7 Å². The maximum absolute atomic E-state index is 12.7. The van der Waals surface area contributed by atoms with Crippen molar-refractivity contribution in [2.24, 2.45) is 5.41 Å². The first-order chi connectivity index (χ1) is 17.1. The third-order valence-corrected chi connectivity index (χ3v) is 7.39. The highest BCUT2D eigenvalue weighted by molar-refractivity contribution is 5.93. The van der Waals surface area contributed by atoms with E-state index in [-0.39, 0.29) is 11.5 Å². The van der Waals surface area contributed by atoms with Gasteiger partial charge in [-0.1, -0.05) is 13.8 Å². The zero-order valence-electron chi connectivity index (χ0n) is 22.0. The van der Waals surface area contributed by atoms with Gasteiger partial charge in [0.1, 0.15) is 11.4 Å². The number of piperidine rings is 1. The molecule has 0 bridgehead atoms. The van der Waals surface area contributed by atoms with E-state index in [4.69, 9.17) is 14.7 Å². The Hall–Kier alpha value is -3.29. The minimum atomic E-state index is -0.472. The molecule has 0 unspecified atom stereocenters. The lowest BCUT2D eigenvalue weighted by Gasteiger charge is -2.40. The van der Waals surface area contributed by atoms with Crippen molar-refractivity contribution in [1.82, 2.24) is 24.8 Å². The van der Waals surface area contributed by atoms with Crippen LogP contribution in [0.1, 0.15) is 65.4 Å². The summed E-state index contributed by atoms with van der Waals surface area (Å²) in [6.45, 7) is 13.4. The van der Waals surface area contributed by atoms with Crippen molar-refractivity contribution in [3.8, 4) is 11.4 Å². The first-order valence-corrected chi connectivity index (χ1v) is 12.9. The molecular formula is C28H36N6O2. The molecular weight excluding hydrogens is 452 g/mol. The monoisotopic (exact) mass is 488 g/mol. The summed E-state index contributed by atoms with van der Waals surface area (Å²) in [7, 11) is 0. The number of carbonyl (C=O) groups is 1. The molecule has 2 fully saturated rings. The molecule has 8 heteroatoms. The van der Waals surface area contributed by atoms with Gasteiger partial charge < -0.3 is 14.5 Å². The zero-order valence-corrected chi connectivity index (χ0v) is 22.0. The summed E-state index contributed by atoms with van der Waals surface area (Å²) in [4.78, 5) is 35.6. The van der Waals surface area contributed by atoms with Crippen molar-refractivity contribution >= 4 is 22.8 Å². The molecule has 0 aliphatic carbocycles. The molecule has 1 amide bonds.